The summed E-state index contributed by atoms with van der Waals surface area (Å²) in [6, 6.07) is 10.2. The van der Waals surface area contributed by atoms with E-state index in [1.165, 1.54) is 0 Å². The summed E-state index contributed by atoms with van der Waals surface area (Å²) in [4.78, 5) is 15.5. The number of nitrogens with one attached hydrogen (secondary N) is 1. The van der Waals surface area contributed by atoms with Crippen LogP contribution in [0.3, 0.4) is 0 Å². The van der Waals surface area contributed by atoms with Crippen molar-refractivity contribution in [1.82, 2.24) is 29.6 Å². The molecule has 3 aromatic heterocycles. The minimum absolute atomic E-state index is 0.500. The van der Waals surface area contributed by atoms with Gasteiger partial charge in [0.1, 0.15) is 24.5 Å². The largest absolute Gasteiger partial charge is 0.491 e. The Hall–Kier alpha value is -3.77. The third-order valence-corrected chi connectivity index (χ3v) is 5.92. The van der Waals surface area contributed by atoms with Crippen LogP contribution in [0.25, 0.3) is 32.2 Å². The van der Waals surface area contributed by atoms with Gasteiger partial charge in [-0.1, -0.05) is 13.8 Å². The van der Waals surface area contributed by atoms with E-state index in [4.69, 9.17) is 13.9 Å². The summed E-state index contributed by atoms with van der Waals surface area (Å²) >= 11 is 1.61. The van der Waals surface area contributed by atoms with E-state index in [1.54, 1.807) is 22.3 Å². The summed E-state index contributed by atoms with van der Waals surface area (Å²) in [5, 5.41) is 8.60. The van der Waals surface area contributed by atoms with Crippen LogP contribution in [0.15, 0.2) is 54.6 Å². The highest BCUT2D eigenvalue weighted by Crippen LogP contribution is 2.36. The number of rotatable bonds is 7. The summed E-state index contributed by atoms with van der Waals surface area (Å²) < 4.78 is 34.6. The van der Waals surface area contributed by atoms with Gasteiger partial charge in [0, 0.05) is 40.2 Å². The summed E-state index contributed by atoms with van der Waals surface area (Å²) in [5.74, 6) is 1.45. The zero-order valence-electron chi connectivity index (χ0n) is 22.2. The summed E-state index contributed by atoms with van der Waals surface area (Å²) in [5.41, 5.74) is 6.60. The molecule has 0 aliphatic heterocycles. The predicted octanol–water partition coefficient (Wildman–Crippen LogP) is 6.78. The van der Waals surface area contributed by atoms with Crippen LogP contribution in [-0.4, -0.2) is 64.1 Å². The Balaban J connectivity index is 0.000000791. The Labute approximate surface area is 224 Å². The molecule has 3 heterocycles. The van der Waals surface area contributed by atoms with E-state index >= 15 is 0 Å². The lowest BCUT2D eigenvalue weighted by Crippen LogP contribution is -2.19. The smallest absolute Gasteiger partial charge is 0.145 e. The lowest BCUT2D eigenvalue weighted by molar-refractivity contribution is 0.108. The van der Waals surface area contributed by atoms with Crippen molar-refractivity contribution in [3.63, 3.8) is 0 Å². The van der Waals surface area contributed by atoms with Crippen LogP contribution in [0.5, 0.6) is 5.75 Å². The van der Waals surface area contributed by atoms with Gasteiger partial charge in [-0.25, -0.2) is 15.0 Å². The van der Waals surface area contributed by atoms with E-state index < -0.39 is 0 Å². The highest BCUT2D eigenvalue weighted by atomic mass is 32.1. The first-order valence-electron chi connectivity index (χ1n) is 11.7. The van der Waals surface area contributed by atoms with Gasteiger partial charge in [0.2, 0.25) is 0 Å². The second kappa shape index (κ2) is 15.5. The monoisotopic (exact) mass is 547 g/mol. The summed E-state index contributed by atoms with van der Waals surface area (Å²) in [7, 11) is 6.46. The third kappa shape index (κ3) is 7.62. The number of ether oxygens (including phenoxy) is 1. The quantitative estimate of drug-likeness (QED) is 0.241. The first-order chi connectivity index (χ1) is 18.6. The Morgan fingerprint density at radius 3 is 2.45 bits per heavy atom. The van der Waals surface area contributed by atoms with Crippen LogP contribution in [0.2, 0.25) is 0 Å². The molecule has 0 spiro atoms. The first kappa shape index (κ1) is 30.5. The molecule has 38 heavy (non-hydrogen) atoms. The zero-order chi connectivity index (χ0) is 28.1. The molecule has 5 aromatic rings. The normalized spacial score (nSPS) is 10.2. The van der Waals surface area contributed by atoms with Gasteiger partial charge >= 0.3 is 0 Å². The van der Waals surface area contributed by atoms with Crippen molar-refractivity contribution in [3.8, 4) is 16.9 Å². The molecule has 0 unspecified atom stereocenters. The van der Waals surface area contributed by atoms with E-state index in [-0.39, 0.29) is 0 Å². The van der Waals surface area contributed by atoms with Crippen molar-refractivity contribution < 1.29 is 18.3 Å². The van der Waals surface area contributed by atoms with Crippen LogP contribution >= 0.6 is 11.3 Å². The third-order valence-electron chi connectivity index (χ3n) is 5.13. The Morgan fingerprint density at radius 1 is 1.00 bits per heavy atom. The molecule has 0 saturated heterocycles. The van der Waals surface area contributed by atoms with Crippen LogP contribution in [0.1, 0.15) is 13.8 Å². The Bertz CT molecular complexity index is 1410. The maximum absolute atomic E-state index is 9.50. The molecule has 1 N–H and O–H groups in total. The average Bonchev–Trinajstić information content (AvgIpc) is 3.60. The standard InChI is InChI=1S/C23H23N7OS.C2H6.CH3F.F2/c1-29(2)6-7-31-20-9-15(16-11-27-30(3)12-16)8-19-22(20)23(25-13-24-19)28-17-4-5-18-21(10-17)32-14-26-18;3*1-2/h4-5,8-14H,6-7H2,1-3H3,(H,24,25,28);1-2H3;1H3;. The van der Waals surface area contributed by atoms with Gasteiger partial charge in [-0.15, -0.1) is 11.3 Å². The number of aromatic nitrogens is 5. The minimum atomic E-state index is 0.500. The number of halogens is 3. The SMILES string of the molecule is CC.CF.CN(C)CCOc1cc(-c2cnn(C)c2)cc2ncnc(Nc3ccc4ncsc4c3)c12.FF. The average molecular weight is 548 g/mol. The van der Waals surface area contributed by atoms with E-state index in [2.05, 4.69) is 36.3 Å². The summed E-state index contributed by atoms with van der Waals surface area (Å²) in [6.45, 7) is 5.36. The lowest BCUT2D eigenvalue weighted by Gasteiger charge is -2.16. The van der Waals surface area contributed by atoms with Crippen LogP contribution in [0.4, 0.5) is 25.0 Å². The number of benzene rings is 2. The number of hydrogen-bond acceptors (Lipinski definition) is 8. The van der Waals surface area contributed by atoms with Crippen molar-refractivity contribution in [2.45, 2.75) is 13.8 Å². The molecule has 0 fully saturated rings. The van der Waals surface area contributed by atoms with Crippen molar-refractivity contribution in [2.24, 2.45) is 7.05 Å². The molecule has 8 nitrogen and oxygen atoms in total. The number of fused-ring (bicyclic) bond motifs is 2. The fourth-order valence-electron chi connectivity index (χ4n) is 3.51. The van der Waals surface area contributed by atoms with Gasteiger partial charge in [0.05, 0.1) is 40.0 Å². The highest BCUT2D eigenvalue weighted by molar-refractivity contribution is 7.16. The minimum Gasteiger partial charge on any atom is -0.491 e. The number of likely N-dealkylation sites (N-methyl/N-ethyl adjacent to an activating group) is 1. The van der Waals surface area contributed by atoms with Gasteiger partial charge in [-0.05, 0) is 50.0 Å². The Kier molecular flexibility index (Phi) is 12.4. The van der Waals surface area contributed by atoms with Gasteiger partial charge in [-0.2, -0.15) is 5.10 Å². The molecule has 5 rings (SSSR count). The van der Waals surface area contributed by atoms with Crippen molar-refractivity contribution in [2.75, 3.05) is 39.7 Å². The van der Waals surface area contributed by atoms with Gasteiger partial charge in [0.25, 0.3) is 0 Å². The van der Waals surface area contributed by atoms with Crippen LogP contribution in [-0.2, 0) is 7.05 Å². The first-order valence-corrected chi connectivity index (χ1v) is 12.6. The molecule has 0 atom stereocenters. The number of hydrogen-bond donors (Lipinski definition) is 1. The van der Waals surface area contributed by atoms with Crippen molar-refractivity contribution >= 4 is 44.0 Å². The molecule has 0 aliphatic rings. The van der Waals surface area contributed by atoms with Crippen LogP contribution in [0, 0.1) is 0 Å². The second-order valence-electron chi connectivity index (χ2n) is 7.81. The van der Waals surface area contributed by atoms with Gasteiger partial charge in [0.15, 0.2) is 0 Å². The molecule has 2 aromatic carbocycles. The maximum atomic E-state index is 9.50. The van der Waals surface area contributed by atoms with E-state index in [0.29, 0.717) is 19.6 Å². The molecule has 12 heteroatoms. The molecule has 0 saturated carbocycles. The van der Waals surface area contributed by atoms with Crippen LogP contribution < -0.4 is 10.1 Å². The molecule has 0 aliphatic carbocycles. The van der Waals surface area contributed by atoms with Crippen molar-refractivity contribution in [3.05, 3.63) is 54.6 Å². The van der Waals surface area contributed by atoms with Crippen molar-refractivity contribution in [1.29, 1.82) is 0 Å². The number of anilines is 2. The highest BCUT2D eigenvalue weighted by Gasteiger charge is 2.15. The molecule has 0 radical (unpaired) electrons. The fraction of sp³-hybridized carbons (Fsp3) is 0.308. The second-order valence-corrected chi connectivity index (χ2v) is 8.69. The number of aryl methyl sites for hydroxylation is 1. The molecule has 0 bridgehead atoms. The predicted molar refractivity (Wildman–Crippen MR) is 149 cm³/mol. The van der Waals surface area contributed by atoms with Gasteiger partial charge in [-0.3, -0.25) is 9.07 Å². The zero-order valence-corrected chi connectivity index (χ0v) is 23.1. The topological polar surface area (TPSA) is 81.0 Å². The fourth-order valence-corrected chi connectivity index (χ4v) is 4.22. The molecule has 0 amide bonds. The van der Waals surface area contributed by atoms with Gasteiger partial charge < -0.3 is 15.0 Å². The molecular formula is C26H32F3N7OS. The summed E-state index contributed by atoms with van der Waals surface area (Å²) in [6.07, 6.45) is 5.40. The number of thiazole rings is 1. The molecular weight excluding hydrogens is 515 g/mol. The van der Waals surface area contributed by atoms with E-state index in [9.17, 15) is 4.39 Å². The lowest BCUT2D eigenvalue weighted by atomic mass is 10.1. The number of nitrogens with zero attached hydrogens (tertiary/aromatic N) is 6. The molecule has 204 valence electrons. The Morgan fingerprint density at radius 2 is 1.76 bits per heavy atom. The van der Waals surface area contributed by atoms with E-state index in [0.717, 1.165) is 50.2 Å². The van der Waals surface area contributed by atoms with E-state index in [1.807, 2.05) is 77.2 Å². The number of alkyl halides is 1. The maximum Gasteiger partial charge on any atom is 0.145 e.